The van der Waals surface area contributed by atoms with Crippen molar-refractivity contribution < 1.29 is 4.42 Å². The molecule has 6 nitrogen and oxygen atoms in total. The Labute approximate surface area is 328 Å². The molecule has 11 rings (SSSR count). The van der Waals surface area contributed by atoms with Gasteiger partial charge in [0, 0.05) is 49.9 Å². The summed E-state index contributed by atoms with van der Waals surface area (Å²) in [4.78, 5) is 17.1. The summed E-state index contributed by atoms with van der Waals surface area (Å²) in [6.07, 6.45) is 0. The van der Waals surface area contributed by atoms with Gasteiger partial charge in [0.1, 0.15) is 11.2 Å². The summed E-state index contributed by atoms with van der Waals surface area (Å²) in [5.74, 6) is 1.82. The van der Waals surface area contributed by atoms with Crippen LogP contribution in [0.25, 0.3) is 83.6 Å². The van der Waals surface area contributed by atoms with Crippen LogP contribution >= 0.6 is 0 Å². The minimum atomic E-state index is 0.583. The first-order chi connectivity index (χ1) is 28.3. The van der Waals surface area contributed by atoms with Gasteiger partial charge in [0.2, 0.25) is 0 Å². The largest absolute Gasteiger partial charge is 0.456 e. The molecule has 3 heterocycles. The molecule has 6 heteroatoms. The van der Waals surface area contributed by atoms with Crippen molar-refractivity contribution in [3.63, 3.8) is 0 Å². The summed E-state index contributed by atoms with van der Waals surface area (Å²) in [6, 6.07) is 69.2. The number of rotatable bonds is 7. The molecule has 3 aromatic heterocycles. The van der Waals surface area contributed by atoms with Crippen molar-refractivity contribution in [1.29, 1.82) is 0 Å². The lowest BCUT2D eigenvalue weighted by Gasteiger charge is -2.26. The standard InChI is InChI=1S/C51H33N5O/c1-4-15-34(16-5-1)49-52-50(35-17-6-2-7-18-35)54-51(53-49)36-27-32-42-47(33-36)57-46-26-14-25-45(48(42)46)55(37-19-8-3-9-20-37)38-28-30-39(31-29-38)56-43-23-12-10-21-40(43)41-22-11-13-24-44(41)56/h1-33H. The van der Waals surface area contributed by atoms with E-state index in [1.807, 2.05) is 72.8 Å². The SMILES string of the molecule is c1ccc(-c2nc(-c3ccccc3)nc(-c3ccc4c(c3)oc3cccc(N(c5ccccc5)c5ccc(-n6c7ccccc7c7ccccc76)cc5)c34)n2)cc1. The Balaban J connectivity index is 1.04. The number of hydrogen-bond donors (Lipinski definition) is 0. The monoisotopic (exact) mass is 731 g/mol. The van der Waals surface area contributed by atoms with Crippen LogP contribution in [0.1, 0.15) is 0 Å². The van der Waals surface area contributed by atoms with Crippen molar-refractivity contribution in [3.05, 3.63) is 200 Å². The average Bonchev–Trinajstić information content (AvgIpc) is 3.84. The van der Waals surface area contributed by atoms with Gasteiger partial charge in [0.25, 0.3) is 0 Å². The van der Waals surface area contributed by atoms with Crippen molar-refractivity contribution in [2.75, 3.05) is 4.90 Å². The molecule has 0 aliphatic heterocycles. The fourth-order valence-corrected chi connectivity index (χ4v) is 8.03. The predicted octanol–water partition coefficient (Wildman–Crippen LogP) is 13.3. The maximum absolute atomic E-state index is 6.66. The Hall–Kier alpha value is -7.83. The fraction of sp³-hybridized carbons (Fsp3) is 0. The number of hydrogen-bond acceptors (Lipinski definition) is 5. The van der Waals surface area contributed by atoms with Crippen LogP contribution in [0, 0.1) is 0 Å². The third-order valence-electron chi connectivity index (χ3n) is 10.6. The lowest BCUT2D eigenvalue weighted by atomic mass is 10.1. The number of benzene rings is 8. The number of furan rings is 1. The second kappa shape index (κ2) is 13.5. The summed E-state index contributed by atoms with van der Waals surface area (Å²) in [7, 11) is 0. The van der Waals surface area contributed by atoms with E-state index in [-0.39, 0.29) is 0 Å². The molecule has 0 aliphatic carbocycles. The maximum Gasteiger partial charge on any atom is 0.164 e. The second-order valence-corrected chi connectivity index (χ2v) is 14.1. The van der Waals surface area contributed by atoms with E-state index in [0.717, 1.165) is 61.4 Å². The normalized spacial score (nSPS) is 11.5. The van der Waals surface area contributed by atoms with E-state index in [0.29, 0.717) is 17.5 Å². The van der Waals surface area contributed by atoms with Crippen molar-refractivity contribution in [1.82, 2.24) is 19.5 Å². The van der Waals surface area contributed by atoms with E-state index in [1.165, 1.54) is 21.8 Å². The molecule has 0 radical (unpaired) electrons. The Bertz CT molecular complexity index is 3120. The zero-order valence-corrected chi connectivity index (χ0v) is 30.7. The van der Waals surface area contributed by atoms with Crippen LogP contribution in [-0.4, -0.2) is 19.5 Å². The molecule has 11 aromatic rings. The van der Waals surface area contributed by atoms with E-state index >= 15 is 0 Å². The third kappa shape index (κ3) is 5.62. The second-order valence-electron chi connectivity index (χ2n) is 14.1. The van der Waals surface area contributed by atoms with Gasteiger partial charge in [-0.3, -0.25) is 0 Å². The molecule has 57 heavy (non-hydrogen) atoms. The van der Waals surface area contributed by atoms with Gasteiger partial charge in [-0.15, -0.1) is 0 Å². The number of fused-ring (bicyclic) bond motifs is 6. The maximum atomic E-state index is 6.66. The molecule has 0 atom stereocenters. The van der Waals surface area contributed by atoms with Crippen LogP contribution in [-0.2, 0) is 0 Å². The molecule has 0 amide bonds. The molecule has 0 fully saturated rings. The molecule has 0 saturated heterocycles. The summed E-state index contributed by atoms with van der Waals surface area (Å²) >= 11 is 0. The minimum Gasteiger partial charge on any atom is -0.456 e. The van der Waals surface area contributed by atoms with Crippen molar-refractivity contribution >= 4 is 60.8 Å². The van der Waals surface area contributed by atoms with Gasteiger partial charge >= 0.3 is 0 Å². The predicted molar refractivity (Wildman–Crippen MR) is 232 cm³/mol. The van der Waals surface area contributed by atoms with E-state index < -0.39 is 0 Å². The zero-order valence-electron chi connectivity index (χ0n) is 30.7. The first-order valence-electron chi connectivity index (χ1n) is 19.0. The Morgan fingerprint density at radius 3 is 1.53 bits per heavy atom. The van der Waals surface area contributed by atoms with Crippen molar-refractivity contribution in [3.8, 4) is 39.9 Å². The summed E-state index contributed by atoms with van der Waals surface area (Å²) in [6.45, 7) is 0. The highest BCUT2D eigenvalue weighted by molar-refractivity contribution is 6.14. The summed E-state index contributed by atoms with van der Waals surface area (Å²) < 4.78 is 9.00. The zero-order chi connectivity index (χ0) is 37.7. The topological polar surface area (TPSA) is 60.0 Å². The average molecular weight is 732 g/mol. The van der Waals surface area contributed by atoms with Gasteiger partial charge in [-0.25, -0.2) is 15.0 Å². The first-order valence-corrected chi connectivity index (χ1v) is 19.0. The van der Waals surface area contributed by atoms with E-state index in [2.05, 4.69) is 137 Å². The number of nitrogens with zero attached hydrogens (tertiary/aromatic N) is 5. The van der Waals surface area contributed by atoms with E-state index in [1.54, 1.807) is 0 Å². The van der Waals surface area contributed by atoms with Crippen LogP contribution in [0.5, 0.6) is 0 Å². The third-order valence-corrected chi connectivity index (χ3v) is 10.6. The first kappa shape index (κ1) is 32.6. The Morgan fingerprint density at radius 2 is 0.912 bits per heavy atom. The highest BCUT2D eigenvalue weighted by Gasteiger charge is 2.21. The number of para-hydroxylation sites is 3. The van der Waals surface area contributed by atoms with Crippen LogP contribution < -0.4 is 4.90 Å². The van der Waals surface area contributed by atoms with Crippen LogP contribution in [0.4, 0.5) is 17.1 Å². The molecule has 268 valence electrons. The van der Waals surface area contributed by atoms with Gasteiger partial charge in [0.05, 0.1) is 22.1 Å². The summed E-state index contributed by atoms with van der Waals surface area (Å²) in [5.41, 5.74) is 10.8. The number of aromatic nitrogens is 4. The molecule has 0 spiro atoms. The molecular formula is C51H33N5O. The molecule has 0 aliphatic rings. The van der Waals surface area contributed by atoms with Crippen LogP contribution in [0.3, 0.4) is 0 Å². The highest BCUT2D eigenvalue weighted by atomic mass is 16.3. The molecule has 0 N–H and O–H groups in total. The quantitative estimate of drug-likeness (QED) is 0.163. The van der Waals surface area contributed by atoms with Crippen molar-refractivity contribution in [2.24, 2.45) is 0 Å². The Kier molecular flexibility index (Phi) is 7.71. The van der Waals surface area contributed by atoms with E-state index in [4.69, 9.17) is 19.4 Å². The van der Waals surface area contributed by atoms with Gasteiger partial charge in [-0.2, -0.15) is 0 Å². The molecule has 0 bridgehead atoms. The molecule has 0 saturated carbocycles. The van der Waals surface area contributed by atoms with Gasteiger partial charge < -0.3 is 13.9 Å². The molecular weight excluding hydrogens is 699 g/mol. The van der Waals surface area contributed by atoms with Crippen LogP contribution in [0.2, 0.25) is 0 Å². The minimum absolute atomic E-state index is 0.583. The lowest BCUT2D eigenvalue weighted by molar-refractivity contribution is 0.669. The van der Waals surface area contributed by atoms with E-state index in [9.17, 15) is 0 Å². The molecule has 0 unspecified atom stereocenters. The summed E-state index contributed by atoms with van der Waals surface area (Å²) in [5, 5.41) is 4.52. The van der Waals surface area contributed by atoms with Gasteiger partial charge in [0.15, 0.2) is 17.5 Å². The smallest absolute Gasteiger partial charge is 0.164 e. The lowest BCUT2D eigenvalue weighted by Crippen LogP contribution is -2.10. The van der Waals surface area contributed by atoms with Crippen molar-refractivity contribution in [2.45, 2.75) is 0 Å². The highest BCUT2D eigenvalue weighted by Crippen LogP contribution is 2.44. The molecule has 8 aromatic carbocycles. The van der Waals surface area contributed by atoms with Crippen LogP contribution in [0.15, 0.2) is 205 Å². The Morgan fingerprint density at radius 1 is 0.386 bits per heavy atom. The van der Waals surface area contributed by atoms with Gasteiger partial charge in [-0.1, -0.05) is 127 Å². The van der Waals surface area contributed by atoms with Gasteiger partial charge in [-0.05, 0) is 72.8 Å². The fourth-order valence-electron chi connectivity index (χ4n) is 8.03. The number of anilines is 3.